The van der Waals surface area contributed by atoms with Crippen molar-refractivity contribution in [1.82, 2.24) is 0 Å². The maximum atomic E-state index is 4.15. The summed E-state index contributed by atoms with van der Waals surface area (Å²) in [4.78, 5) is 0. The highest BCUT2D eigenvalue weighted by atomic mass is 14.3. The van der Waals surface area contributed by atoms with Crippen molar-refractivity contribution in [3.05, 3.63) is 12.2 Å². The van der Waals surface area contributed by atoms with Gasteiger partial charge in [0.1, 0.15) is 0 Å². The molecular formula is C13H26. The van der Waals surface area contributed by atoms with Crippen LogP contribution in [0.1, 0.15) is 54.4 Å². The third kappa shape index (κ3) is 5.90. The number of hydrogen-bond donors (Lipinski definition) is 0. The fourth-order valence-electron chi connectivity index (χ4n) is 2.00. The molecule has 0 heterocycles. The van der Waals surface area contributed by atoms with Gasteiger partial charge in [0.05, 0.1) is 0 Å². The summed E-state index contributed by atoms with van der Waals surface area (Å²) in [6.07, 6.45) is 2.46. The van der Waals surface area contributed by atoms with Gasteiger partial charge < -0.3 is 0 Å². The van der Waals surface area contributed by atoms with Crippen molar-refractivity contribution < 1.29 is 0 Å². The molecule has 0 aliphatic rings. The first-order valence-corrected chi connectivity index (χ1v) is 5.42. The summed E-state index contributed by atoms with van der Waals surface area (Å²) in [5, 5.41) is 0. The van der Waals surface area contributed by atoms with Gasteiger partial charge in [0.2, 0.25) is 0 Å². The van der Waals surface area contributed by atoms with Crippen molar-refractivity contribution in [2.45, 2.75) is 54.4 Å². The van der Waals surface area contributed by atoms with Crippen LogP contribution in [0.3, 0.4) is 0 Å². The highest BCUT2D eigenvalue weighted by Crippen LogP contribution is 2.33. The third-order valence-electron chi connectivity index (χ3n) is 2.48. The second-order valence-corrected chi connectivity index (χ2v) is 5.75. The molecule has 0 fully saturated rings. The van der Waals surface area contributed by atoms with Crippen LogP contribution in [0, 0.1) is 17.3 Å². The molecule has 0 amide bonds. The summed E-state index contributed by atoms with van der Waals surface area (Å²) in [6, 6.07) is 0. The largest absolute Gasteiger partial charge is 0.0996 e. The molecule has 0 aliphatic heterocycles. The first kappa shape index (κ1) is 12.7. The molecule has 0 saturated heterocycles. The zero-order chi connectivity index (χ0) is 10.6. The fraction of sp³-hybridized carbons (Fsp3) is 0.846. The van der Waals surface area contributed by atoms with E-state index < -0.39 is 0 Å². The zero-order valence-corrected chi connectivity index (χ0v) is 10.3. The molecule has 0 heteroatoms. The Morgan fingerprint density at radius 1 is 1.15 bits per heavy atom. The lowest BCUT2D eigenvalue weighted by atomic mass is 9.77. The Morgan fingerprint density at radius 3 is 1.92 bits per heavy atom. The van der Waals surface area contributed by atoms with Crippen molar-refractivity contribution in [3.63, 3.8) is 0 Å². The molecular weight excluding hydrogens is 156 g/mol. The van der Waals surface area contributed by atoms with Gasteiger partial charge in [-0.05, 0) is 30.1 Å². The lowest BCUT2D eigenvalue weighted by Crippen LogP contribution is -2.16. The lowest BCUT2D eigenvalue weighted by molar-refractivity contribution is 0.278. The van der Waals surface area contributed by atoms with E-state index in [2.05, 4.69) is 48.1 Å². The Bertz CT molecular complexity index is 161. The van der Waals surface area contributed by atoms with Crippen LogP contribution in [0.25, 0.3) is 0 Å². The van der Waals surface area contributed by atoms with E-state index in [-0.39, 0.29) is 0 Å². The van der Waals surface area contributed by atoms with Gasteiger partial charge in [0, 0.05) is 0 Å². The van der Waals surface area contributed by atoms with Gasteiger partial charge in [-0.15, -0.1) is 0 Å². The molecule has 0 spiro atoms. The van der Waals surface area contributed by atoms with E-state index in [1.54, 1.807) is 0 Å². The monoisotopic (exact) mass is 182 g/mol. The number of allylic oxidation sites excluding steroid dienone is 1. The van der Waals surface area contributed by atoms with Crippen molar-refractivity contribution in [3.8, 4) is 0 Å². The predicted octanol–water partition coefficient (Wildman–Crippen LogP) is 4.66. The van der Waals surface area contributed by atoms with Crippen LogP contribution < -0.4 is 0 Å². The summed E-state index contributed by atoms with van der Waals surface area (Å²) < 4.78 is 0. The van der Waals surface area contributed by atoms with Crippen LogP contribution in [0.15, 0.2) is 12.2 Å². The minimum Gasteiger partial charge on any atom is -0.0996 e. The van der Waals surface area contributed by atoms with Crippen LogP contribution in [0.5, 0.6) is 0 Å². The summed E-state index contributed by atoms with van der Waals surface area (Å²) in [7, 11) is 0. The third-order valence-corrected chi connectivity index (χ3v) is 2.48. The van der Waals surface area contributed by atoms with Gasteiger partial charge >= 0.3 is 0 Å². The first-order valence-electron chi connectivity index (χ1n) is 5.42. The van der Waals surface area contributed by atoms with E-state index in [1.807, 2.05) is 0 Å². The van der Waals surface area contributed by atoms with Crippen LogP contribution in [-0.2, 0) is 0 Å². The zero-order valence-electron chi connectivity index (χ0n) is 10.3. The quantitative estimate of drug-likeness (QED) is 0.542. The van der Waals surface area contributed by atoms with Gasteiger partial charge in [-0.1, -0.05) is 53.7 Å². The average molecular weight is 182 g/mol. The second-order valence-electron chi connectivity index (χ2n) is 5.75. The SMILES string of the molecule is C=C(CC(C)(C)CC(C)C)C(C)C. The smallest absolute Gasteiger partial charge is 0.0263 e. The van der Waals surface area contributed by atoms with Crippen molar-refractivity contribution in [2.24, 2.45) is 17.3 Å². The van der Waals surface area contributed by atoms with Crippen LogP contribution in [-0.4, -0.2) is 0 Å². The Balaban J connectivity index is 4.09. The predicted molar refractivity (Wildman–Crippen MR) is 61.8 cm³/mol. The second kappa shape index (κ2) is 4.83. The molecule has 0 nitrogen and oxygen atoms in total. The molecule has 0 unspecified atom stereocenters. The molecule has 0 bridgehead atoms. The highest BCUT2D eigenvalue weighted by molar-refractivity contribution is 5.01. The molecule has 0 atom stereocenters. The number of hydrogen-bond acceptors (Lipinski definition) is 0. The topological polar surface area (TPSA) is 0 Å². The maximum Gasteiger partial charge on any atom is -0.0263 e. The fourth-order valence-corrected chi connectivity index (χ4v) is 2.00. The van der Waals surface area contributed by atoms with Gasteiger partial charge in [-0.2, -0.15) is 0 Å². The first-order chi connectivity index (χ1) is 5.74. The van der Waals surface area contributed by atoms with Gasteiger partial charge in [0.15, 0.2) is 0 Å². The van der Waals surface area contributed by atoms with Crippen molar-refractivity contribution in [1.29, 1.82) is 0 Å². The van der Waals surface area contributed by atoms with Crippen LogP contribution in [0.2, 0.25) is 0 Å². The van der Waals surface area contributed by atoms with Crippen LogP contribution in [0.4, 0.5) is 0 Å². The Kier molecular flexibility index (Phi) is 4.74. The summed E-state index contributed by atoms with van der Waals surface area (Å²) in [6.45, 7) is 17.9. The van der Waals surface area contributed by atoms with Crippen molar-refractivity contribution >= 4 is 0 Å². The minimum atomic E-state index is 0.426. The molecule has 0 aromatic rings. The molecule has 0 radical (unpaired) electrons. The van der Waals surface area contributed by atoms with Crippen molar-refractivity contribution in [2.75, 3.05) is 0 Å². The van der Waals surface area contributed by atoms with E-state index >= 15 is 0 Å². The standard InChI is InChI=1S/C13H26/c1-10(2)8-13(6,7)9-12(5)11(3)4/h10-11H,5,8-9H2,1-4,6-7H3. The maximum absolute atomic E-state index is 4.15. The van der Waals surface area contributed by atoms with Gasteiger partial charge in [-0.25, -0.2) is 0 Å². The van der Waals surface area contributed by atoms with E-state index in [0.717, 1.165) is 5.92 Å². The molecule has 0 aromatic carbocycles. The molecule has 0 aromatic heterocycles. The Morgan fingerprint density at radius 2 is 1.62 bits per heavy atom. The average Bonchev–Trinajstić information content (AvgIpc) is 1.81. The molecule has 0 saturated carbocycles. The highest BCUT2D eigenvalue weighted by Gasteiger charge is 2.21. The lowest BCUT2D eigenvalue weighted by Gasteiger charge is -2.28. The summed E-state index contributed by atoms with van der Waals surface area (Å²) in [5.41, 5.74) is 1.82. The molecule has 78 valence electrons. The normalized spacial score (nSPS) is 12.6. The van der Waals surface area contributed by atoms with Crippen LogP contribution >= 0.6 is 0 Å². The Labute approximate surface area is 84.4 Å². The molecule has 0 rings (SSSR count). The van der Waals surface area contributed by atoms with E-state index in [4.69, 9.17) is 0 Å². The minimum absolute atomic E-state index is 0.426. The van der Waals surface area contributed by atoms with Gasteiger partial charge in [0.25, 0.3) is 0 Å². The van der Waals surface area contributed by atoms with E-state index in [9.17, 15) is 0 Å². The Hall–Kier alpha value is -0.260. The van der Waals surface area contributed by atoms with E-state index in [0.29, 0.717) is 11.3 Å². The summed E-state index contributed by atoms with van der Waals surface area (Å²) in [5.74, 6) is 1.42. The summed E-state index contributed by atoms with van der Waals surface area (Å²) >= 11 is 0. The van der Waals surface area contributed by atoms with Gasteiger partial charge in [-0.3, -0.25) is 0 Å². The molecule has 0 aliphatic carbocycles. The molecule has 13 heavy (non-hydrogen) atoms. The van der Waals surface area contributed by atoms with E-state index in [1.165, 1.54) is 18.4 Å². The number of rotatable bonds is 5. The molecule has 0 N–H and O–H groups in total.